The molecule has 0 saturated heterocycles. The Morgan fingerprint density at radius 3 is 2.72 bits per heavy atom. The number of carbonyl (C=O) groups is 1. The molecule has 2 N–H and O–H groups in total. The molecule has 0 radical (unpaired) electrons. The number of aliphatic carboxylic acids is 1. The SMILES string of the molecule is CC(C(=O)O)c1cc(F)c2c(c1)C=CC(C)(C)N2. The maximum absolute atomic E-state index is 14.0. The van der Waals surface area contributed by atoms with Gasteiger partial charge in [0, 0.05) is 5.56 Å². The van der Waals surface area contributed by atoms with Crippen LogP contribution in [0, 0.1) is 5.82 Å². The molecule has 18 heavy (non-hydrogen) atoms. The minimum absolute atomic E-state index is 0.298. The van der Waals surface area contributed by atoms with E-state index < -0.39 is 17.7 Å². The zero-order valence-corrected chi connectivity index (χ0v) is 10.6. The Kier molecular flexibility index (Phi) is 2.89. The fourth-order valence-electron chi connectivity index (χ4n) is 1.97. The molecule has 0 aromatic heterocycles. The van der Waals surface area contributed by atoms with Crippen LogP contribution in [0.25, 0.3) is 6.08 Å². The zero-order chi connectivity index (χ0) is 13.5. The van der Waals surface area contributed by atoms with Crippen LogP contribution < -0.4 is 5.32 Å². The molecule has 3 nitrogen and oxygen atoms in total. The first kappa shape index (κ1) is 12.6. The van der Waals surface area contributed by atoms with E-state index in [2.05, 4.69) is 5.32 Å². The molecule has 0 amide bonds. The van der Waals surface area contributed by atoms with Crippen molar-refractivity contribution in [3.05, 3.63) is 35.2 Å². The molecule has 1 aromatic rings. The maximum atomic E-state index is 14.0. The number of fused-ring (bicyclic) bond motifs is 1. The van der Waals surface area contributed by atoms with Crippen molar-refractivity contribution in [1.82, 2.24) is 0 Å². The zero-order valence-electron chi connectivity index (χ0n) is 10.6. The summed E-state index contributed by atoms with van der Waals surface area (Å²) in [4.78, 5) is 10.9. The van der Waals surface area contributed by atoms with Gasteiger partial charge >= 0.3 is 5.97 Å². The summed E-state index contributed by atoms with van der Waals surface area (Å²) in [7, 11) is 0. The summed E-state index contributed by atoms with van der Waals surface area (Å²) >= 11 is 0. The van der Waals surface area contributed by atoms with Crippen LogP contribution >= 0.6 is 0 Å². The Morgan fingerprint density at radius 1 is 1.44 bits per heavy atom. The van der Waals surface area contributed by atoms with Crippen LogP contribution in [0.3, 0.4) is 0 Å². The van der Waals surface area contributed by atoms with Gasteiger partial charge in [-0.05, 0) is 38.5 Å². The molecule has 1 aliphatic rings. The molecule has 1 heterocycles. The monoisotopic (exact) mass is 249 g/mol. The summed E-state index contributed by atoms with van der Waals surface area (Å²) in [6.45, 7) is 5.44. The van der Waals surface area contributed by atoms with Gasteiger partial charge in [-0.3, -0.25) is 4.79 Å². The van der Waals surface area contributed by atoms with Gasteiger partial charge < -0.3 is 10.4 Å². The summed E-state index contributed by atoms with van der Waals surface area (Å²) in [5, 5.41) is 12.0. The minimum Gasteiger partial charge on any atom is -0.481 e. The first-order chi connectivity index (χ1) is 8.30. The smallest absolute Gasteiger partial charge is 0.310 e. The van der Waals surface area contributed by atoms with Gasteiger partial charge in [0.2, 0.25) is 0 Å². The number of hydrogen-bond acceptors (Lipinski definition) is 2. The van der Waals surface area contributed by atoms with Crippen molar-refractivity contribution in [2.24, 2.45) is 0 Å². The van der Waals surface area contributed by atoms with E-state index >= 15 is 0 Å². The molecular weight excluding hydrogens is 233 g/mol. The number of benzene rings is 1. The predicted molar refractivity (Wildman–Crippen MR) is 69.2 cm³/mol. The topological polar surface area (TPSA) is 49.3 Å². The Labute approximate surface area is 105 Å². The molecule has 96 valence electrons. The van der Waals surface area contributed by atoms with E-state index in [1.54, 1.807) is 13.0 Å². The second kappa shape index (κ2) is 4.12. The Morgan fingerprint density at radius 2 is 2.11 bits per heavy atom. The molecular formula is C14H16FNO2. The summed E-state index contributed by atoms with van der Waals surface area (Å²) in [6.07, 6.45) is 3.76. The lowest BCUT2D eigenvalue weighted by Gasteiger charge is -2.29. The lowest BCUT2D eigenvalue weighted by molar-refractivity contribution is -0.138. The van der Waals surface area contributed by atoms with E-state index in [0.29, 0.717) is 16.8 Å². The molecule has 2 rings (SSSR count). The van der Waals surface area contributed by atoms with Gasteiger partial charge in [0.1, 0.15) is 5.82 Å². The highest BCUT2D eigenvalue weighted by atomic mass is 19.1. The molecule has 4 heteroatoms. The number of carboxylic acid groups (broad SMARTS) is 1. The lowest BCUT2D eigenvalue weighted by atomic mass is 9.92. The second-order valence-corrected chi connectivity index (χ2v) is 5.21. The predicted octanol–water partition coefficient (Wildman–Crippen LogP) is 3.23. The molecule has 1 atom stereocenters. The van der Waals surface area contributed by atoms with E-state index in [0.717, 1.165) is 0 Å². The fourth-order valence-corrected chi connectivity index (χ4v) is 1.97. The van der Waals surface area contributed by atoms with Gasteiger partial charge in [0.15, 0.2) is 0 Å². The van der Waals surface area contributed by atoms with Crippen LogP contribution in [0.5, 0.6) is 0 Å². The average molecular weight is 249 g/mol. The van der Waals surface area contributed by atoms with Crippen molar-refractivity contribution in [2.45, 2.75) is 32.2 Å². The van der Waals surface area contributed by atoms with E-state index in [-0.39, 0.29) is 5.54 Å². The van der Waals surface area contributed by atoms with E-state index in [1.807, 2.05) is 26.0 Å². The van der Waals surface area contributed by atoms with Crippen LogP contribution in [-0.4, -0.2) is 16.6 Å². The van der Waals surface area contributed by atoms with Gasteiger partial charge in [-0.1, -0.05) is 12.2 Å². The van der Waals surface area contributed by atoms with Crippen molar-refractivity contribution in [3.8, 4) is 0 Å². The van der Waals surface area contributed by atoms with Crippen LogP contribution in [-0.2, 0) is 4.79 Å². The number of anilines is 1. The first-order valence-corrected chi connectivity index (χ1v) is 5.84. The number of nitrogens with one attached hydrogen (secondary N) is 1. The van der Waals surface area contributed by atoms with Crippen molar-refractivity contribution in [1.29, 1.82) is 0 Å². The summed E-state index contributed by atoms with van der Waals surface area (Å²) < 4.78 is 14.0. The van der Waals surface area contributed by atoms with Gasteiger partial charge in [-0.2, -0.15) is 0 Å². The van der Waals surface area contributed by atoms with Gasteiger partial charge in [-0.25, -0.2) is 4.39 Å². The van der Waals surface area contributed by atoms with Crippen LogP contribution in [0.15, 0.2) is 18.2 Å². The third-order valence-electron chi connectivity index (χ3n) is 3.14. The summed E-state index contributed by atoms with van der Waals surface area (Å²) in [6, 6.07) is 3.01. The largest absolute Gasteiger partial charge is 0.481 e. The van der Waals surface area contributed by atoms with Gasteiger partial charge in [0.25, 0.3) is 0 Å². The van der Waals surface area contributed by atoms with Crippen LogP contribution in [0.1, 0.15) is 37.8 Å². The number of carboxylic acids is 1. The number of halogens is 1. The van der Waals surface area contributed by atoms with Crippen molar-refractivity contribution >= 4 is 17.7 Å². The molecule has 0 fully saturated rings. The molecule has 1 aliphatic heterocycles. The third kappa shape index (κ3) is 2.23. The highest BCUT2D eigenvalue weighted by Gasteiger charge is 2.24. The van der Waals surface area contributed by atoms with Crippen molar-refractivity contribution < 1.29 is 14.3 Å². The Bertz CT molecular complexity index is 535. The Hall–Kier alpha value is -1.84. The van der Waals surface area contributed by atoms with E-state index in [4.69, 9.17) is 5.11 Å². The molecule has 0 saturated carbocycles. The summed E-state index contributed by atoms with van der Waals surface area (Å²) in [5.74, 6) is -2.08. The van der Waals surface area contributed by atoms with Crippen LogP contribution in [0.2, 0.25) is 0 Å². The molecule has 0 bridgehead atoms. The van der Waals surface area contributed by atoms with Crippen LogP contribution in [0.4, 0.5) is 10.1 Å². The fraction of sp³-hybridized carbons (Fsp3) is 0.357. The molecule has 1 unspecified atom stereocenters. The van der Waals surface area contributed by atoms with E-state index in [1.165, 1.54) is 6.07 Å². The van der Waals surface area contributed by atoms with Gasteiger partial charge in [-0.15, -0.1) is 0 Å². The second-order valence-electron chi connectivity index (χ2n) is 5.21. The number of hydrogen-bond donors (Lipinski definition) is 2. The molecule has 0 aliphatic carbocycles. The highest BCUT2D eigenvalue weighted by molar-refractivity contribution is 5.78. The quantitative estimate of drug-likeness (QED) is 0.846. The molecule has 1 aromatic carbocycles. The highest BCUT2D eigenvalue weighted by Crippen LogP contribution is 2.33. The average Bonchev–Trinajstić information content (AvgIpc) is 2.28. The standard InChI is InChI=1S/C14H16FNO2/c1-8(13(17)18)10-6-9-4-5-14(2,3)16-12(9)11(15)7-10/h4-8,16H,1-3H3,(H,17,18). The number of rotatable bonds is 2. The minimum atomic E-state index is -0.956. The normalized spacial score (nSPS) is 17.8. The van der Waals surface area contributed by atoms with Crippen molar-refractivity contribution in [3.63, 3.8) is 0 Å². The first-order valence-electron chi connectivity index (χ1n) is 5.84. The maximum Gasteiger partial charge on any atom is 0.310 e. The Balaban J connectivity index is 2.48. The lowest BCUT2D eigenvalue weighted by Crippen LogP contribution is -2.31. The third-order valence-corrected chi connectivity index (χ3v) is 3.14. The van der Waals surface area contributed by atoms with E-state index in [9.17, 15) is 9.18 Å². The van der Waals surface area contributed by atoms with Gasteiger partial charge in [0.05, 0.1) is 17.1 Å². The van der Waals surface area contributed by atoms with Crippen molar-refractivity contribution in [2.75, 3.05) is 5.32 Å². The molecule has 0 spiro atoms. The summed E-state index contributed by atoms with van der Waals surface area (Å²) in [5.41, 5.74) is 1.31.